The lowest BCUT2D eigenvalue weighted by Crippen LogP contribution is -2.39. The summed E-state index contributed by atoms with van der Waals surface area (Å²) >= 11 is 0. The van der Waals surface area contributed by atoms with E-state index in [0.29, 0.717) is 30.7 Å². The van der Waals surface area contributed by atoms with Crippen molar-refractivity contribution >= 4 is 5.97 Å². The zero-order valence-electron chi connectivity index (χ0n) is 20.0. The van der Waals surface area contributed by atoms with Gasteiger partial charge in [0.05, 0.1) is 19.9 Å². The van der Waals surface area contributed by atoms with Crippen molar-refractivity contribution in [2.24, 2.45) is 11.8 Å². The molecule has 0 spiro atoms. The van der Waals surface area contributed by atoms with Crippen molar-refractivity contribution in [3.63, 3.8) is 0 Å². The van der Waals surface area contributed by atoms with Crippen molar-refractivity contribution in [1.29, 1.82) is 0 Å². The Morgan fingerprint density at radius 3 is 2.69 bits per heavy atom. The van der Waals surface area contributed by atoms with E-state index in [4.69, 9.17) is 9.47 Å². The van der Waals surface area contributed by atoms with E-state index < -0.39 is 0 Å². The average molecular weight is 443 g/mol. The average Bonchev–Trinajstić information content (AvgIpc) is 3.23. The molecule has 0 aliphatic carbocycles. The fourth-order valence-electron chi connectivity index (χ4n) is 4.54. The first-order valence-electron chi connectivity index (χ1n) is 11.8. The molecular formula is C25H38N4O3. The van der Waals surface area contributed by atoms with Gasteiger partial charge in [-0.2, -0.15) is 5.10 Å². The van der Waals surface area contributed by atoms with E-state index >= 15 is 0 Å². The van der Waals surface area contributed by atoms with Crippen LogP contribution in [0, 0.1) is 11.8 Å². The molecule has 3 rings (SSSR count). The Bertz CT molecular complexity index is 843. The van der Waals surface area contributed by atoms with E-state index in [-0.39, 0.29) is 5.97 Å². The maximum Gasteiger partial charge on any atom is 0.356 e. The number of esters is 1. The molecule has 1 fully saturated rings. The van der Waals surface area contributed by atoms with Crippen molar-refractivity contribution in [2.75, 3.05) is 39.9 Å². The lowest BCUT2D eigenvalue weighted by atomic mass is 9.95. The molecule has 2 aromatic rings. The minimum Gasteiger partial charge on any atom is -0.496 e. The highest BCUT2D eigenvalue weighted by molar-refractivity contribution is 5.88. The molecule has 1 aromatic heterocycles. The Labute approximate surface area is 192 Å². The Morgan fingerprint density at radius 1 is 1.25 bits per heavy atom. The Hall–Kier alpha value is -2.38. The lowest BCUT2D eigenvalue weighted by molar-refractivity contribution is 0.0516. The van der Waals surface area contributed by atoms with E-state index in [1.54, 1.807) is 13.3 Å². The van der Waals surface area contributed by atoms with Crippen LogP contribution in [0.4, 0.5) is 0 Å². The molecule has 2 heterocycles. The second-order valence-corrected chi connectivity index (χ2v) is 9.11. The van der Waals surface area contributed by atoms with Gasteiger partial charge in [-0.3, -0.25) is 14.9 Å². The quantitative estimate of drug-likeness (QED) is 0.531. The van der Waals surface area contributed by atoms with Crippen LogP contribution in [-0.4, -0.2) is 65.9 Å². The van der Waals surface area contributed by atoms with Crippen LogP contribution in [0.2, 0.25) is 0 Å². The van der Waals surface area contributed by atoms with Crippen LogP contribution in [0.25, 0.3) is 0 Å². The summed E-state index contributed by atoms with van der Waals surface area (Å²) in [5, 5.41) is 6.92. The highest BCUT2D eigenvalue weighted by Gasteiger charge is 2.24. The molecule has 0 saturated carbocycles. The predicted molar refractivity (Wildman–Crippen MR) is 126 cm³/mol. The number of carbonyl (C=O) groups excluding carboxylic acids is 1. The Morgan fingerprint density at radius 2 is 2.00 bits per heavy atom. The van der Waals surface area contributed by atoms with Crippen LogP contribution in [0.3, 0.4) is 0 Å². The largest absolute Gasteiger partial charge is 0.496 e. The van der Waals surface area contributed by atoms with Crippen LogP contribution >= 0.6 is 0 Å². The molecule has 7 heteroatoms. The number of benzene rings is 1. The first kappa shape index (κ1) is 24.3. The van der Waals surface area contributed by atoms with Gasteiger partial charge in [0, 0.05) is 37.3 Å². The SMILES string of the molecule is CCOC(=O)c1[nH]ncc1CN(CC(C)C)CC1CCN(Cc2ccccc2OC)CC1. The molecule has 0 unspecified atom stereocenters. The summed E-state index contributed by atoms with van der Waals surface area (Å²) in [6.45, 7) is 12.5. The van der Waals surface area contributed by atoms with E-state index in [0.717, 1.165) is 44.0 Å². The highest BCUT2D eigenvalue weighted by Crippen LogP contribution is 2.25. The summed E-state index contributed by atoms with van der Waals surface area (Å²) in [7, 11) is 1.74. The van der Waals surface area contributed by atoms with Gasteiger partial charge in [-0.05, 0) is 50.8 Å². The molecule has 1 saturated heterocycles. The molecule has 1 aliphatic rings. The van der Waals surface area contributed by atoms with Crippen molar-refractivity contribution < 1.29 is 14.3 Å². The third-order valence-electron chi connectivity index (χ3n) is 6.02. The molecule has 7 nitrogen and oxygen atoms in total. The lowest BCUT2D eigenvalue weighted by Gasteiger charge is -2.35. The number of nitrogens with one attached hydrogen (secondary N) is 1. The summed E-state index contributed by atoms with van der Waals surface area (Å²) < 4.78 is 10.7. The zero-order chi connectivity index (χ0) is 22.9. The number of nitrogens with zero attached hydrogens (tertiary/aromatic N) is 3. The fraction of sp³-hybridized carbons (Fsp3) is 0.600. The Kier molecular flexibility index (Phi) is 9.11. The topological polar surface area (TPSA) is 70.7 Å². The first-order chi connectivity index (χ1) is 15.5. The maximum atomic E-state index is 12.2. The number of aromatic nitrogens is 2. The maximum absolute atomic E-state index is 12.2. The van der Waals surface area contributed by atoms with E-state index in [2.05, 4.69) is 46.0 Å². The molecule has 0 radical (unpaired) electrons. The molecule has 0 amide bonds. The number of rotatable bonds is 11. The van der Waals surface area contributed by atoms with Crippen LogP contribution in [0.15, 0.2) is 30.5 Å². The second kappa shape index (κ2) is 12.0. The summed E-state index contributed by atoms with van der Waals surface area (Å²) in [6.07, 6.45) is 4.12. The van der Waals surface area contributed by atoms with Gasteiger partial charge < -0.3 is 9.47 Å². The number of hydrogen-bond acceptors (Lipinski definition) is 6. The standard InChI is InChI=1S/C25H38N4O3/c1-5-32-25(30)24-22(14-26-27-24)18-29(15-19(2)3)16-20-10-12-28(13-11-20)17-21-8-6-7-9-23(21)31-4/h6-9,14,19-20H,5,10-13,15-18H2,1-4H3,(H,26,27). The van der Waals surface area contributed by atoms with Crippen molar-refractivity contribution in [2.45, 2.75) is 46.7 Å². The van der Waals surface area contributed by atoms with Gasteiger partial charge >= 0.3 is 5.97 Å². The fourth-order valence-corrected chi connectivity index (χ4v) is 4.54. The number of methoxy groups -OCH3 is 1. The molecule has 176 valence electrons. The van der Waals surface area contributed by atoms with Gasteiger partial charge in [0.15, 0.2) is 0 Å². The summed E-state index contributed by atoms with van der Waals surface area (Å²) in [5.41, 5.74) is 2.64. The molecule has 1 N–H and O–H groups in total. The van der Waals surface area contributed by atoms with Gasteiger partial charge in [0.1, 0.15) is 11.4 Å². The summed E-state index contributed by atoms with van der Waals surface area (Å²) in [4.78, 5) is 17.2. The number of hydrogen-bond donors (Lipinski definition) is 1. The van der Waals surface area contributed by atoms with Gasteiger partial charge in [0.2, 0.25) is 0 Å². The number of ether oxygens (including phenoxy) is 2. The summed E-state index contributed by atoms with van der Waals surface area (Å²) in [5.74, 6) is 1.85. The molecule has 32 heavy (non-hydrogen) atoms. The van der Waals surface area contributed by atoms with Crippen molar-refractivity contribution in [1.82, 2.24) is 20.0 Å². The van der Waals surface area contributed by atoms with Gasteiger partial charge in [-0.25, -0.2) is 4.79 Å². The number of aromatic amines is 1. The van der Waals surface area contributed by atoms with Crippen LogP contribution < -0.4 is 4.74 Å². The zero-order valence-corrected chi connectivity index (χ0v) is 20.0. The summed E-state index contributed by atoms with van der Waals surface area (Å²) in [6, 6.07) is 8.29. The minimum atomic E-state index is -0.325. The number of para-hydroxylation sites is 1. The van der Waals surface area contributed by atoms with E-state index in [1.165, 1.54) is 18.4 Å². The van der Waals surface area contributed by atoms with Crippen LogP contribution in [-0.2, 0) is 17.8 Å². The monoisotopic (exact) mass is 442 g/mol. The first-order valence-corrected chi connectivity index (χ1v) is 11.8. The van der Waals surface area contributed by atoms with Gasteiger partial charge in [0.25, 0.3) is 0 Å². The number of carbonyl (C=O) groups is 1. The molecular weight excluding hydrogens is 404 g/mol. The predicted octanol–water partition coefficient (Wildman–Crippen LogP) is 3.97. The number of H-pyrrole nitrogens is 1. The van der Waals surface area contributed by atoms with E-state index in [9.17, 15) is 4.79 Å². The van der Waals surface area contributed by atoms with Crippen molar-refractivity contribution in [3.8, 4) is 5.75 Å². The minimum absolute atomic E-state index is 0.325. The highest BCUT2D eigenvalue weighted by atomic mass is 16.5. The molecule has 0 bridgehead atoms. The van der Waals surface area contributed by atoms with E-state index in [1.807, 2.05) is 19.1 Å². The van der Waals surface area contributed by atoms with Gasteiger partial charge in [-0.15, -0.1) is 0 Å². The second-order valence-electron chi connectivity index (χ2n) is 9.11. The number of piperidine rings is 1. The number of likely N-dealkylation sites (tertiary alicyclic amines) is 1. The third kappa shape index (κ3) is 6.81. The van der Waals surface area contributed by atoms with Crippen molar-refractivity contribution in [3.05, 3.63) is 47.3 Å². The normalized spacial score (nSPS) is 15.4. The Balaban J connectivity index is 1.56. The third-order valence-corrected chi connectivity index (χ3v) is 6.02. The smallest absolute Gasteiger partial charge is 0.356 e. The molecule has 1 aliphatic heterocycles. The van der Waals surface area contributed by atoms with Gasteiger partial charge in [-0.1, -0.05) is 32.0 Å². The van der Waals surface area contributed by atoms with Crippen LogP contribution in [0.5, 0.6) is 5.75 Å². The molecule has 1 aromatic carbocycles. The molecule has 0 atom stereocenters. The van der Waals surface area contributed by atoms with Crippen LogP contribution in [0.1, 0.15) is 55.2 Å².